The number of rotatable bonds is 4. The first-order chi connectivity index (χ1) is 12.2. The number of halogens is 3. The quantitative estimate of drug-likeness (QED) is 0.667. The van der Waals surface area contributed by atoms with E-state index in [9.17, 15) is 18.0 Å². The lowest BCUT2D eigenvalue weighted by Crippen LogP contribution is -2.20. The zero-order valence-corrected chi connectivity index (χ0v) is 14.9. The molecule has 4 nitrogen and oxygen atoms in total. The number of aromatic nitrogens is 2. The van der Waals surface area contributed by atoms with E-state index in [0.717, 1.165) is 21.6 Å². The van der Waals surface area contributed by atoms with Gasteiger partial charge in [-0.3, -0.25) is 9.48 Å². The van der Waals surface area contributed by atoms with Crippen molar-refractivity contribution >= 4 is 17.2 Å². The molecule has 0 aliphatic heterocycles. The highest BCUT2D eigenvalue weighted by Gasteiger charge is 2.30. The summed E-state index contributed by atoms with van der Waals surface area (Å²) < 4.78 is 39.9. The van der Waals surface area contributed by atoms with E-state index in [1.54, 1.807) is 56.6 Å². The molecule has 8 heteroatoms. The molecule has 0 spiro atoms. The fourth-order valence-electron chi connectivity index (χ4n) is 2.47. The highest BCUT2D eigenvalue weighted by atomic mass is 32.1. The van der Waals surface area contributed by atoms with Crippen molar-refractivity contribution < 1.29 is 18.0 Å². The van der Waals surface area contributed by atoms with Gasteiger partial charge in [0.05, 0.1) is 21.1 Å². The van der Waals surface area contributed by atoms with Crippen LogP contribution in [0.3, 0.4) is 0 Å². The zero-order chi connectivity index (χ0) is 18.9. The fraction of sp³-hybridized carbons (Fsp3) is 0.222. The summed E-state index contributed by atoms with van der Waals surface area (Å²) in [6.45, 7) is -1.19. The first-order valence-corrected chi connectivity index (χ1v) is 8.58. The third kappa shape index (κ3) is 3.96. The topological polar surface area (TPSA) is 38.1 Å². The Morgan fingerprint density at radius 1 is 1.15 bits per heavy atom. The summed E-state index contributed by atoms with van der Waals surface area (Å²) in [7, 11) is 3.26. The van der Waals surface area contributed by atoms with Crippen LogP contribution in [0.4, 0.5) is 13.2 Å². The molecule has 0 aliphatic rings. The lowest BCUT2D eigenvalue weighted by molar-refractivity contribution is -0.142. The Morgan fingerprint density at radius 3 is 2.46 bits per heavy atom. The Morgan fingerprint density at radius 2 is 1.85 bits per heavy atom. The summed E-state index contributed by atoms with van der Waals surface area (Å²) in [5.74, 6) is -0.189. The molecule has 0 radical (unpaired) electrons. The Kier molecular flexibility index (Phi) is 4.86. The molecule has 0 bridgehead atoms. The molecule has 0 saturated carbocycles. The molecule has 1 amide bonds. The minimum Gasteiger partial charge on any atom is -0.344 e. The molecule has 1 aromatic carbocycles. The smallest absolute Gasteiger partial charge is 0.344 e. The van der Waals surface area contributed by atoms with Crippen LogP contribution in [-0.2, 0) is 6.54 Å². The van der Waals surface area contributed by atoms with Crippen LogP contribution < -0.4 is 0 Å². The maximum Gasteiger partial charge on any atom is 0.408 e. The number of hydrogen-bond acceptors (Lipinski definition) is 3. The predicted octanol–water partition coefficient (Wildman–Crippen LogP) is 4.54. The SMILES string of the molecule is CN(C)C(=O)c1ccc(-c2cc(-c3ccccc3)nn2CC(F)(F)F)s1. The lowest BCUT2D eigenvalue weighted by atomic mass is 10.1. The highest BCUT2D eigenvalue weighted by molar-refractivity contribution is 7.17. The van der Waals surface area contributed by atoms with Crippen LogP contribution in [0.5, 0.6) is 0 Å². The summed E-state index contributed by atoms with van der Waals surface area (Å²) in [6.07, 6.45) is -4.39. The summed E-state index contributed by atoms with van der Waals surface area (Å²) in [6, 6.07) is 13.9. The van der Waals surface area contributed by atoms with Crippen molar-refractivity contribution in [2.75, 3.05) is 14.1 Å². The van der Waals surface area contributed by atoms with Gasteiger partial charge in [-0.2, -0.15) is 18.3 Å². The summed E-state index contributed by atoms with van der Waals surface area (Å²) in [5, 5.41) is 4.14. The maximum absolute atomic E-state index is 13.0. The third-order valence-electron chi connectivity index (χ3n) is 3.65. The number of carbonyl (C=O) groups excluding carboxylic acids is 1. The van der Waals surface area contributed by atoms with E-state index in [0.29, 0.717) is 21.1 Å². The Balaban J connectivity index is 2.05. The van der Waals surface area contributed by atoms with Crippen LogP contribution >= 0.6 is 11.3 Å². The van der Waals surface area contributed by atoms with E-state index in [2.05, 4.69) is 5.10 Å². The van der Waals surface area contributed by atoms with Crippen LogP contribution in [0.1, 0.15) is 9.67 Å². The van der Waals surface area contributed by atoms with Crippen LogP contribution in [0.25, 0.3) is 21.8 Å². The van der Waals surface area contributed by atoms with Gasteiger partial charge < -0.3 is 4.90 Å². The molecule has 0 unspecified atom stereocenters. The molecule has 0 saturated heterocycles. The van der Waals surface area contributed by atoms with Crippen molar-refractivity contribution in [2.45, 2.75) is 12.7 Å². The van der Waals surface area contributed by atoms with E-state index in [-0.39, 0.29) is 5.91 Å². The molecule has 0 fully saturated rings. The van der Waals surface area contributed by atoms with Gasteiger partial charge in [0, 0.05) is 19.7 Å². The number of nitrogens with zero attached hydrogens (tertiary/aromatic N) is 3. The summed E-state index contributed by atoms with van der Waals surface area (Å²) >= 11 is 1.15. The van der Waals surface area contributed by atoms with Crippen LogP contribution in [0.15, 0.2) is 48.5 Å². The second kappa shape index (κ2) is 6.95. The average molecular weight is 379 g/mol. The van der Waals surface area contributed by atoms with E-state index in [1.807, 2.05) is 6.07 Å². The van der Waals surface area contributed by atoms with Crippen LogP contribution in [-0.4, -0.2) is 40.9 Å². The molecule has 0 aliphatic carbocycles. The van der Waals surface area contributed by atoms with E-state index >= 15 is 0 Å². The van der Waals surface area contributed by atoms with Gasteiger partial charge in [0.2, 0.25) is 0 Å². The maximum atomic E-state index is 13.0. The second-order valence-electron chi connectivity index (χ2n) is 5.92. The van der Waals surface area contributed by atoms with Gasteiger partial charge in [-0.15, -0.1) is 11.3 Å². The van der Waals surface area contributed by atoms with Gasteiger partial charge >= 0.3 is 6.18 Å². The Bertz CT molecular complexity index is 913. The number of amides is 1. The predicted molar refractivity (Wildman–Crippen MR) is 95.0 cm³/mol. The average Bonchev–Trinajstić information content (AvgIpc) is 3.20. The molecule has 0 N–H and O–H groups in total. The molecule has 136 valence electrons. The molecule has 3 rings (SSSR count). The van der Waals surface area contributed by atoms with Gasteiger partial charge in [-0.1, -0.05) is 30.3 Å². The second-order valence-corrected chi connectivity index (χ2v) is 7.00. The summed E-state index contributed by atoms with van der Waals surface area (Å²) in [4.78, 5) is 14.5. The number of thiophene rings is 1. The minimum absolute atomic E-state index is 0.189. The molecule has 0 atom stereocenters. The van der Waals surface area contributed by atoms with Gasteiger partial charge in [-0.05, 0) is 18.2 Å². The van der Waals surface area contributed by atoms with Crippen molar-refractivity contribution in [2.24, 2.45) is 0 Å². The largest absolute Gasteiger partial charge is 0.408 e. The normalized spacial score (nSPS) is 11.6. The minimum atomic E-state index is -4.39. The zero-order valence-electron chi connectivity index (χ0n) is 14.1. The van der Waals surface area contributed by atoms with Crippen molar-refractivity contribution in [3.05, 3.63) is 53.4 Å². The van der Waals surface area contributed by atoms with Crippen molar-refractivity contribution in [1.82, 2.24) is 14.7 Å². The Hall–Kier alpha value is -2.61. The van der Waals surface area contributed by atoms with E-state index < -0.39 is 12.7 Å². The van der Waals surface area contributed by atoms with Crippen LogP contribution in [0.2, 0.25) is 0 Å². The lowest BCUT2D eigenvalue weighted by Gasteiger charge is -2.09. The number of alkyl halides is 3. The summed E-state index contributed by atoms with van der Waals surface area (Å²) in [5.41, 5.74) is 1.53. The van der Waals surface area contributed by atoms with Gasteiger partial charge in [0.1, 0.15) is 6.54 Å². The number of benzene rings is 1. The molecule has 2 aromatic heterocycles. The van der Waals surface area contributed by atoms with Crippen molar-refractivity contribution in [1.29, 1.82) is 0 Å². The van der Waals surface area contributed by atoms with E-state index in [1.165, 1.54) is 4.90 Å². The highest BCUT2D eigenvalue weighted by Crippen LogP contribution is 2.33. The van der Waals surface area contributed by atoms with Crippen molar-refractivity contribution in [3.8, 4) is 21.8 Å². The fourth-order valence-corrected chi connectivity index (χ4v) is 3.51. The molecular weight excluding hydrogens is 363 g/mol. The number of hydrogen-bond donors (Lipinski definition) is 0. The molecule has 2 heterocycles. The van der Waals surface area contributed by atoms with E-state index in [4.69, 9.17) is 0 Å². The van der Waals surface area contributed by atoms with Gasteiger partial charge in [-0.25, -0.2) is 0 Å². The monoisotopic (exact) mass is 379 g/mol. The van der Waals surface area contributed by atoms with Crippen molar-refractivity contribution in [3.63, 3.8) is 0 Å². The Labute approximate surface area is 152 Å². The molecule has 3 aromatic rings. The first kappa shape index (κ1) is 18.2. The standard InChI is InChI=1S/C18H16F3N3OS/c1-23(2)17(25)16-9-8-15(26-16)14-10-13(12-6-4-3-5-7-12)22-24(14)11-18(19,20)21/h3-10H,11H2,1-2H3. The first-order valence-electron chi connectivity index (χ1n) is 7.76. The van der Waals surface area contributed by atoms with Crippen LogP contribution in [0, 0.1) is 0 Å². The third-order valence-corrected chi connectivity index (χ3v) is 4.75. The number of carbonyl (C=O) groups is 1. The molecular formula is C18H16F3N3OS. The van der Waals surface area contributed by atoms with Gasteiger partial charge in [0.15, 0.2) is 0 Å². The molecule has 26 heavy (non-hydrogen) atoms. The van der Waals surface area contributed by atoms with Gasteiger partial charge in [0.25, 0.3) is 5.91 Å².